The summed E-state index contributed by atoms with van der Waals surface area (Å²) in [5.41, 5.74) is 2.90. The lowest BCUT2D eigenvalue weighted by Crippen LogP contribution is -2.36. The Morgan fingerprint density at radius 3 is 2.45 bits per heavy atom. The molecule has 1 amide bonds. The minimum absolute atomic E-state index is 0.155. The van der Waals surface area contributed by atoms with E-state index in [9.17, 15) is 4.79 Å². The van der Waals surface area contributed by atoms with E-state index < -0.39 is 6.10 Å². The molecule has 1 unspecified atom stereocenters. The summed E-state index contributed by atoms with van der Waals surface area (Å²) in [5.74, 6) is 0.495. The van der Waals surface area contributed by atoms with Crippen LogP contribution in [0.3, 0.4) is 0 Å². The summed E-state index contributed by atoms with van der Waals surface area (Å²) in [5, 5.41) is 3.58. The maximum Gasteiger partial charge on any atom is 0.261 e. The fourth-order valence-corrected chi connectivity index (χ4v) is 2.21. The number of carbonyl (C=O) groups excluding carboxylic acids is 1. The lowest BCUT2D eigenvalue weighted by atomic mass is 10.1. The molecule has 1 heterocycles. The van der Waals surface area contributed by atoms with Crippen molar-refractivity contribution < 1.29 is 14.5 Å². The number of ether oxygens (including phenoxy) is 1. The van der Waals surface area contributed by atoms with E-state index in [0.29, 0.717) is 12.3 Å². The van der Waals surface area contributed by atoms with Crippen molar-refractivity contribution in [1.82, 2.24) is 5.32 Å². The molecule has 0 aliphatic carbocycles. The van der Waals surface area contributed by atoms with Crippen molar-refractivity contribution in [2.75, 3.05) is 0 Å². The van der Waals surface area contributed by atoms with Gasteiger partial charge in [0.15, 0.2) is 18.5 Å². The third-order valence-corrected chi connectivity index (χ3v) is 3.94. The first-order valence-corrected chi connectivity index (χ1v) is 7.51. The fourth-order valence-electron chi connectivity index (χ4n) is 2.10. The van der Waals surface area contributed by atoms with Gasteiger partial charge in [0.1, 0.15) is 5.75 Å². The van der Waals surface area contributed by atoms with Gasteiger partial charge in [-0.2, -0.15) is 0 Å². The molecule has 0 aliphatic heterocycles. The zero-order chi connectivity index (χ0) is 16.1. The van der Waals surface area contributed by atoms with Crippen LogP contribution in [0.15, 0.2) is 36.7 Å². The first-order chi connectivity index (χ1) is 10.5. The van der Waals surface area contributed by atoms with Crippen molar-refractivity contribution in [3.63, 3.8) is 0 Å². The molecule has 5 heteroatoms. The Morgan fingerprint density at radius 2 is 1.86 bits per heavy atom. The Kier molecular flexibility index (Phi) is 5.39. The molecule has 116 valence electrons. The molecule has 0 saturated carbocycles. The number of H-pyrrole nitrogens is 1. The van der Waals surface area contributed by atoms with E-state index in [1.165, 1.54) is 0 Å². The summed E-state index contributed by atoms with van der Waals surface area (Å²) in [7, 11) is 0. The van der Waals surface area contributed by atoms with Gasteiger partial charge in [0.05, 0.1) is 0 Å². The Balaban J connectivity index is 1.94. The number of carbonyl (C=O) groups is 1. The summed E-state index contributed by atoms with van der Waals surface area (Å²) >= 11 is 6.13. The number of hydrogen-bond donors (Lipinski definition) is 1. The number of hydrogen-bond acceptors (Lipinski definition) is 2. The van der Waals surface area contributed by atoms with Crippen LogP contribution in [0.1, 0.15) is 23.6 Å². The van der Waals surface area contributed by atoms with E-state index in [1.807, 2.05) is 50.5 Å². The van der Waals surface area contributed by atoms with Crippen LogP contribution in [0.5, 0.6) is 5.75 Å². The van der Waals surface area contributed by atoms with E-state index in [-0.39, 0.29) is 5.91 Å². The van der Waals surface area contributed by atoms with Crippen LogP contribution in [0.25, 0.3) is 0 Å². The van der Waals surface area contributed by atoms with Crippen LogP contribution in [0.2, 0.25) is 5.02 Å². The molecule has 4 nitrogen and oxygen atoms in total. The average Bonchev–Trinajstić information content (AvgIpc) is 2.51. The largest absolute Gasteiger partial charge is 0.481 e. The van der Waals surface area contributed by atoms with Crippen molar-refractivity contribution in [3.8, 4) is 5.75 Å². The number of nitrogens with one attached hydrogen (secondary N) is 2. The number of amides is 1. The van der Waals surface area contributed by atoms with Crippen molar-refractivity contribution in [1.29, 1.82) is 0 Å². The minimum atomic E-state index is -0.574. The van der Waals surface area contributed by atoms with Crippen LogP contribution in [0.4, 0.5) is 0 Å². The van der Waals surface area contributed by atoms with Crippen molar-refractivity contribution in [3.05, 3.63) is 58.4 Å². The normalized spacial score (nSPS) is 11.8. The molecule has 0 spiro atoms. The minimum Gasteiger partial charge on any atom is -0.481 e. The molecular formula is C17H20ClN2O2+. The number of aromatic amines is 1. The van der Waals surface area contributed by atoms with Crippen LogP contribution in [-0.2, 0) is 11.3 Å². The highest BCUT2D eigenvalue weighted by Gasteiger charge is 2.15. The summed E-state index contributed by atoms with van der Waals surface area (Å²) in [4.78, 5) is 15.0. The predicted octanol–water partition coefficient (Wildman–Crippen LogP) is 2.85. The number of aryl methyl sites for hydroxylation is 2. The first-order valence-electron chi connectivity index (χ1n) is 7.13. The molecule has 0 saturated heterocycles. The van der Waals surface area contributed by atoms with Crippen LogP contribution >= 0.6 is 11.6 Å². The molecule has 2 N–H and O–H groups in total. The number of pyridine rings is 1. The Labute approximate surface area is 135 Å². The molecule has 2 rings (SSSR count). The molecular weight excluding hydrogens is 300 g/mol. The summed E-state index contributed by atoms with van der Waals surface area (Å²) in [6.45, 7) is 6.03. The molecule has 2 aromatic rings. The Bertz CT molecular complexity index is 636. The second-order valence-corrected chi connectivity index (χ2v) is 5.64. The molecule has 1 atom stereocenters. The third-order valence-electron chi connectivity index (χ3n) is 3.35. The third kappa shape index (κ3) is 4.21. The molecule has 0 radical (unpaired) electrons. The van der Waals surface area contributed by atoms with E-state index in [4.69, 9.17) is 16.3 Å². The van der Waals surface area contributed by atoms with Crippen LogP contribution < -0.4 is 15.0 Å². The summed E-state index contributed by atoms with van der Waals surface area (Å²) in [6.07, 6.45) is 3.07. The van der Waals surface area contributed by atoms with E-state index in [2.05, 4.69) is 10.3 Å². The van der Waals surface area contributed by atoms with Gasteiger partial charge in [-0.05, 0) is 49.6 Å². The Morgan fingerprint density at radius 1 is 1.27 bits per heavy atom. The van der Waals surface area contributed by atoms with Gasteiger partial charge in [0, 0.05) is 23.7 Å². The van der Waals surface area contributed by atoms with Gasteiger partial charge in [0.2, 0.25) is 0 Å². The maximum atomic E-state index is 12.1. The zero-order valence-electron chi connectivity index (χ0n) is 12.9. The number of halogens is 1. The van der Waals surface area contributed by atoms with Gasteiger partial charge in [-0.15, -0.1) is 0 Å². The molecule has 1 aromatic carbocycles. The van der Waals surface area contributed by atoms with Crippen molar-refractivity contribution >= 4 is 17.5 Å². The topological polar surface area (TPSA) is 52.5 Å². The highest BCUT2D eigenvalue weighted by molar-refractivity contribution is 6.32. The van der Waals surface area contributed by atoms with E-state index in [0.717, 1.165) is 21.7 Å². The second-order valence-electron chi connectivity index (χ2n) is 5.26. The van der Waals surface area contributed by atoms with Crippen LogP contribution in [0, 0.1) is 13.8 Å². The van der Waals surface area contributed by atoms with Crippen molar-refractivity contribution in [2.24, 2.45) is 0 Å². The van der Waals surface area contributed by atoms with Gasteiger partial charge in [-0.3, -0.25) is 4.79 Å². The van der Waals surface area contributed by atoms with Gasteiger partial charge >= 0.3 is 0 Å². The lowest BCUT2D eigenvalue weighted by Gasteiger charge is -2.16. The van der Waals surface area contributed by atoms with Gasteiger partial charge in [-0.1, -0.05) is 11.6 Å². The Hall–Kier alpha value is -2.07. The highest BCUT2D eigenvalue weighted by Crippen LogP contribution is 2.26. The standard InChI is InChI=1S/C17H19ClN2O2/c1-11-8-15(9-12(2)16(11)18)22-13(3)17(21)20-10-14-4-6-19-7-5-14/h4-9,13H,10H2,1-3H3,(H,20,21)/p+1. The molecule has 0 fully saturated rings. The average molecular weight is 320 g/mol. The molecule has 1 aromatic heterocycles. The smallest absolute Gasteiger partial charge is 0.261 e. The fraction of sp³-hybridized carbons (Fsp3) is 0.294. The second kappa shape index (κ2) is 7.27. The molecule has 0 bridgehead atoms. The van der Waals surface area contributed by atoms with E-state index in [1.54, 1.807) is 6.92 Å². The predicted molar refractivity (Wildman–Crippen MR) is 85.9 cm³/mol. The van der Waals surface area contributed by atoms with Crippen LogP contribution in [-0.4, -0.2) is 12.0 Å². The van der Waals surface area contributed by atoms with Crippen molar-refractivity contribution in [2.45, 2.75) is 33.4 Å². The van der Waals surface area contributed by atoms with E-state index >= 15 is 0 Å². The quantitative estimate of drug-likeness (QED) is 0.921. The highest BCUT2D eigenvalue weighted by atomic mass is 35.5. The molecule has 0 aliphatic rings. The van der Waals surface area contributed by atoms with Gasteiger partial charge < -0.3 is 10.1 Å². The maximum absolute atomic E-state index is 12.1. The summed E-state index contributed by atoms with van der Waals surface area (Å²) < 4.78 is 5.70. The zero-order valence-corrected chi connectivity index (χ0v) is 13.7. The summed E-state index contributed by atoms with van der Waals surface area (Å²) in [6, 6.07) is 7.51. The SMILES string of the molecule is Cc1cc(OC(C)C(=O)NCc2cc[nH+]cc2)cc(C)c1Cl. The number of rotatable bonds is 5. The lowest BCUT2D eigenvalue weighted by molar-refractivity contribution is -0.378. The van der Waals surface area contributed by atoms with Gasteiger partial charge in [-0.25, -0.2) is 4.98 Å². The monoisotopic (exact) mass is 319 g/mol. The number of aromatic nitrogens is 1. The first kappa shape index (κ1) is 16.3. The van der Waals surface area contributed by atoms with Gasteiger partial charge in [0.25, 0.3) is 5.91 Å². The number of benzene rings is 1. The molecule has 22 heavy (non-hydrogen) atoms.